The third-order valence-electron chi connectivity index (χ3n) is 6.84. The number of anilines is 1. The Kier molecular flexibility index (Phi) is 9.50. The summed E-state index contributed by atoms with van der Waals surface area (Å²) in [5, 5.41) is 17.8. The number of aliphatic hydroxyl groups excluding tert-OH is 1. The van der Waals surface area contributed by atoms with E-state index in [0.717, 1.165) is 17.7 Å². The van der Waals surface area contributed by atoms with Crippen LogP contribution in [0.2, 0.25) is 5.02 Å². The summed E-state index contributed by atoms with van der Waals surface area (Å²) < 4.78 is 4.81. The molecule has 0 saturated heterocycles. The van der Waals surface area contributed by atoms with Gasteiger partial charge in [0, 0.05) is 45.3 Å². The molecular formula is C27H35ClN8O3. The lowest BCUT2D eigenvalue weighted by Gasteiger charge is -2.20. The standard InChI is InChI=1S/C27H35ClN8O3/c1-3-10-36-26(38)24-25(35(27(36)39)11-8-19-5-6-22(29)21(28)16-19)32-23(17-20-7-9-30-31-18-20)34(24)13-12-33(4-2)14-15-37/h5-7,9,16,18,37H,3-4,8,10-15,17,29H2,1-2H3. The second-order valence-electron chi connectivity index (χ2n) is 9.43. The van der Waals surface area contributed by atoms with Crippen molar-refractivity contribution >= 4 is 28.5 Å². The summed E-state index contributed by atoms with van der Waals surface area (Å²) in [6, 6.07) is 7.28. The summed E-state index contributed by atoms with van der Waals surface area (Å²) >= 11 is 6.22. The molecule has 1 aromatic carbocycles. The van der Waals surface area contributed by atoms with Gasteiger partial charge in [0.2, 0.25) is 0 Å². The summed E-state index contributed by atoms with van der Waals surface area (Å²) in [7, 11) is 0. The molecule has 0 fully saturated rings. The van der Waals surface area contributed by atoms with Crippen molar-refractivity contribution in [3.05, 3.63) is 79.5 Å². The fourth-order valence-electron chi connectivity index (χ4n) is 4.72. The number of fused-ring (bicyclic) bond motifs is 1. The van der Waals surface area contributed by atoms with E-state index in [4.69, 9.17) is 22.3 Å². The molecule has 0 bridgehead atoms. The molecule has 0 saturated carbocycles. The molecule has 0 spiro atoms. The Morgan fingerprint density at radius 3 is 2.49 bits per heavy atom. The number of hydrogen-bond donors (Lipinski definition) is 2. The van der Waals surface area contributed by atoms with Crippen molar-refractivity contribution in [1.29, 1.82) is 0 Å². The monoisotopic (exact) mass is 554 g/mol. The maximum absolute atomic E-state index is 13.8. The molecule has 12 heteroatoms. The van der Waals surface area contributed by atoms with Gasteiger partial charge in [-0.2, -0.15) is 10.2 Å². The summed E-state index contributed by atoms with van der Waals surface area (Å²) in [5.74, 6) is 0.660. The normalized spacial score (nSPS) is 11.6. The second kappa shape index (κ2) is 13.0. The Labute approximate surface area is 231 Å². The molecule has 0 amide bonds. The van der Waals surface area contributed by atoms with Gasteiger partial charge >= 0.3 is 5.69 Å². The predicted molar refractivity (Wildman–Crippen MR) is 152 cm³/mol. The van der Waals surface area contributed by atoms with E-state index in [1.165, 1.54) is 4.57 Å². The Hall–Kier alpha value is -3.54. The van der Waals surface area contributed by atoms with Crippen molar-refractivity contribution in [3.8, 4) is 0 Å². The minimum atomic E-state index is -0.381. The maximum atomic E-state index is 13.8. The van der Waals surface area contributed by atoms with Gasteiger partial charge < -0.3 is 15.4 Å². The predicted octanol–water partition coefficient (Wildman–Crippen LogP) is 1.94. The van der Waals surface area contributed by atoms with Gasteiger partial charge in [-0.3, -0.25) is 18.8 Å². The lowest BCUT2D eigenvalue weighted by Crippen LogP contribution is -2.41. The second-order valence-corrected chi connectivity index (χ2v) is 9.84. The average Bonchev–Trinajstić information content (AvgIpc) is 3.29. The lowest BCUT2D eigenvalue weighted by atomic mass is 10.1. The van der Waals surface area contributed by atoms with Gasteiger partial charge in [0.05, 0.1) is 23.5 Å². The van der Waals surface area contributed by atoms with Crippen LogP contribution in [-0.4, -0.2) is 65.1 Å². The molecule has 4 rings (SSSR count). The van der Waals surface area contributed by atoms with Crippen molar-refractivity contribution < 1.29 is 5.11 Å². The third-order valence-corrected chi connectivity index (χ3v) is 7.17. The highest BCUT2D eigenvalue weighted by Gasteiger charge is 2.22. The van der Waals surface area contributed by atoms with E-state index in [2.05, 4.69) is 15.1 Å². The van der Waals surface area contributed by atoms with Gasteiger partial charge in [-0.15, -0.1) is 0 Å². The van der Waals surface area contributed by atoms with Gasteiger partial charge in [0.25, 0.3) is 5.56 Å². The van der Waals surface area contributed by atoms with Crippen molar-refractivity contribution in [2.24, 2.45) is 0 Å². The van der Waals surface area contributed by atoms with Crippen LogP contribution in [0.1, 0.15) is 37.2 Å². The fraction of sp³-hybridized carbons (Fsp3) is 0.444. The van der Waals surface area contributed by atoms with Crippen LogP contribution in [0.3, 0.4) is 0 Å². The van der Waals surface area contributed by atoms with E-state index in [1.807, 2.05) is 30.5 Å². The first-order chi connectivity index (χ1) is 18.9. The van der Waals surface area contributed by atoms with E-state index in [9.17, 15) is 14.7 Å². The van der Waals surface area contributed by atoms with Crippen molar-refractivity contribution in [2.45, 2.75) is 52.7 Å². The molecule has 4 aromatic rings. The highest BCUT2D eigenvalue weighted by atomic mass is 35.5. The molecule has 0 aliphatic rings. The Balaban J connectivity index is 1.85. The first-order valence-electron chi connectivity index (χ1n) is 13.2. The molecule has 3 aromatic heterocycles. The van der Waals surface area contributed by atoms with Crippen LogP contribution in [0.5, 0.6) is 0 Å². The lowest BCUT2D eigenvalue weighted by molar-refractivity contribution is 0.197. The molecule has 39 heavy (non-hydrogen) atoms. The number of benzene rings is 1. The van der Waals surface area contributed by atoms with Crippen LogP contribution in [0.25, 0.3) is 11.2 Å². The Bertz CT molecular complexity index is 1530. The van der Waals surface area contributed by atoms with Crippen LogP contribution >= 0.6 is 11.6 Å². The Morgan fingerprint density at radius 2 is 1.82 bits per heavy atom. The minimum Gasteiger partial charge on any atom is -0.398 e. The summed E-state index contributed by atoms with van der Waals surface area (Å²) in [4.78, 5) is 34.3. The van der Waals surface area contributed by atoms with Crippen LogP contribution in [-0.2, 0) is 32.5 Å². The SMILES string of the molecule is CCCn1c(=O)c2c(nc(Cc3ccnnc3)n2CCN(CC)CCO)n(CCc2ccc(N)c(Cl)c2)c1=O. The van der Waals surface area contributed by atoms with Crippen LogP contribution < -0.4 is 17.0 Å². The molecule has 3 heterocycles. The van der Waals surface area contributed by atoms with Crippen molar-refractivity contribution in [3.63, 3.8) is 0 Å². The Morgan fingerprint density at radius 1 is 1.00 bits per heavy atom. The third kappa shape index (κ3) is 6.38. The summed E-state index contributed by atoms with van der Waals surface area (Å²) in [5.41, 5.74) is 8.20. The zero-order valence-electron chi connectivity index (χ0n) is 22.4. The number of nitrogens with zero attached hydrogens (tertiary/aromatic N) is 7. The van der Waals surface area contributed by atoms with E-state index < -0.39 is 0 Å². The molecular weight excluding hydrogens is 520 g/mol. The number of rotatable bonds is 13. The number of likely N-dealkylation sites (N-methyl/N-ethyl adjacent to an activating group) is 1. The number of aliphatic hydroxyl groups is 1. The zero-order valence-corrected chi connectivity index (χ0v) is 23.1. The number of hydrogen-bond acceptors (Lipinski definition) is 8. The maximum Gasteiger partial charge on any atom is 0.332 e. The number of nitrogens with two attached hydrogens (primary N) is 1. The molecule has 0 radical (unpaired) electrons. The van der Waals surface area contributed by atoms with Gasteiger partial charge in [-0.25, -0.2) is 9.78 Å². The van der Waals surface area contributed by atoms with Gasteiger partial charge in [0.1, 0.15) is 5.82 Å². The van der Waals surface area contributed by atoms with E-state index >= 15 is 0 Å². The number of nitrogen functional groups attached to an aromatic ring is 1. The smallest absolute Gasteiger partial charge is 0.332 e. The molecule has 0 atom stereocenters. The zero-order chi connectivity index (χ0) is 27.9. The van der Waals surface area contributed by atoms with Crippen molar-refractivity contribution in [2.75, 3.05) is 32.0 Å². The summed E-state index contributed by atoms with van der Waals surface area (Å²) in [6.07, 6.45) is 4.85. The highest BCUT2D eigenvalue weighted by Crippen LogP contribution is 2.21. The van der Waals surface area contributed by atoms with Crippen LogP contribution in [0.4, 0.5) is 5.69 Å². The largest absolute Gasteiger partial charge is 0.398 e. The van der Waals surface area contributed by atoms with E-state index in [1.54, 1.807) is 29.1 Å². The quantitative estimate of drug-likeness (QED) is 0.239. The average molecular weight is 555 g/mol. The van der Waals surface area contributed by atoms with Crippen LogP contribution in [0.15, 0.2) is 46.2 Å². The molecule has 208 valence electrons. The van der Waals surface area contributed by atoms with Crippen LogP contribution in [0, 0.1) is 0 Å². The van der Waals surface area contributed by atoms with Crippen molar-refractivity contribution in [1.82, 2.24) is 33.8 Å². The number of halogens is 1. The van der Waals surface area contributed by atoms with Gasteiger partial charge in [-0.05, 0) is 48.7 Å². The summed E-state index contributed by atoms with van der Waals surface area (Å²) in [6.45, 7) is 7.01. The molecule has 0 aliphatic heterocycles. The number of aryl methyl sites for hydroxylation is 2. The molecule has 11 nitrogen and oxygen atoms in total. The molecule has 0 aliphatic carbocycles. The first kappa shape index (κ1) is 28.5. The van der Waals surface area contributed by atoms with Gasteiger partial charge in [0.15, 0.2) is 11.2 Å². The minimum absolute atomic E-state index is 0.0477. The topological polar surface area (TPSA) is 137 Å². The first-order valence-corrected chi connectivity index (χ1v) is 13.6. The highest BCUT2D eigenvalue weighted by molar-refractivity contribution is 6.33. The molecule has 0 unspecified atom stereocenters. The van der Waals surface area contributed by atoms with E-state index in [-0.39, 0.29) is 17.9 Å². The number of imidazole rings is 1. The number of aromatic nitrogens is 6. The fourth-order valence-corrected chi connectivity index (χ4v) is 4.92. The van der Waals surface area contributed by atoms with Gasteiger partial charge in [-0.1, -0.05) is 31.5 Å². The van der Waals surface area contributed by atoms with E-state index in [0.29, 0.717) is 79.7 Å². The molecule has 3 N–H and O–H groups in total.